The summed E-state index contributed by atoms with van der Waals surface area (Å²) in [6, 6.07) is 3.97. The third kappa shape index (κ3) is 6.12. The lowest BCUT2D eigenvalue weighted by Crippen LogP contribution is -2.16. The zero-order chi connectivity index (χ0) is 15.0. The molecule has 0 aliphatic rings. The minimum absolute atomic E-state index is 0.0223. The fraction of sp³-hybridized carbons (Fsp3) is 0.462. The number of benzene rings is 1. The monoisotopic (exact) mass is 302 g/mol. The van der Waals surface area contributed by atoms with Crippen LogP contribution in [0.2, 0.25) is 0 Å². The number of carbonyl (C=O) groups excluding carboxylic acids is 1. The molecule has 0 aromatic heterocycles. The molecule has 3 N–H and O–H groups in total. The minimum Gasteiger partial charge on any atom is -0.396 e. The van der Waals surface area contributed by atoms with E-state index in [9.17, 15) is 13.4 Å². The molecule has 1 amide bonds. The predicted molar refractivity (Wildman–Crippen MR) is 78.4 cm³/mol. The number of anilines is 2. The second-order valence-electron chi connectivity index (χ2n) is 4.23. The Morgan fingerprint density at radius 3 is 2.85 bits per heavy atom. The van der Waals surface area contributed by atoms with E-state index in [1.165, 1.54) is 18.2 Å². The van der Waals surface area contributed by atoms with Crippen molar-refractivity contribution >= 4 is 28.1 Å². The van der Waals surface area contributed by atoms with Crippen LogP contribution in [0.4, 0.5) is 15.8 Å². The van der Waals surface area contributed by atoms with Crippen LogP contribution >= 0.6 is 0 Å². The van der Waals surface area contributed by atoms with E-state index in [-0.39, 0.29) is 18.0 Å². The number of hydrogen-bond donors (Lipinski definition) is 2. The molecule has 1 unspecified atom stereocenters. The van der Waals surface area contributed by atoms with Crippen LogP contribution in [0, 0.1) is 5.82 Å². The lowest BCUT2D eigenvalue weighted by Gasteiger charge is -2.06. The van der Waals surface area contributed by atoms with Crippen LogP contribution in [-0.2, 0) is 20.3 Å². The normalized spacial score (nSPS) is 12.1. The molecule has 0 bridgehead atoms. The van der Waals surface area contributed by atoms with Crippen molar-refractivity contribution < 1.29 is 18.1 Å². The van der Waals surface area contributed by atoms with Crippen LogP contribution in [0.5, 0.6) is 0 Å². The third-order valence-electron chi connectivity index (χ3n) is 2.56. The summed E-state index contributed by atoms with van der Waals surface area (Å²) in [6.45, 7) is 0.562. The maximum Gasteiger partial charge on any atom is 0.225 e. The number of rotatable bonds is 8. The van der Waals surface area contributed by atoms with Crippen LogP contribution in [0.3, 0.4) is 0 Å². The molecule has 0 spiro atoms. The van der Waals surface area contributed by atoms with Gasteiger partial charge in [-0.05, 0) is 24.6 Å². The van der Waals surface area contributed by atoms with Gasteiger partial charge in [-0.1, -0.05) is 0 Å². The Bertz CT molecular complexity index is 483. The number of carbonyl (C=O) groups is 1. The minimum atomic E-state index is -1.03. The first-order valence-corrected chi connectivity index (χ1v) is 7.70. The molecule has 0 saturated carbocycles. The van der Waals surface area contributed by atoms with Gasteiger partial charge in [-0.15, -0.1) is 0 Å². The third-order valence-corrected chi connectivity index (χ3v) is 3.96. The summed E-state index contributed by atoms with van der Waals surface area (Å²) in [6.07, 6.45) is 0.857. The number of hydrogen-bond acceptors (Lipinski definition) is 4. The number of nitrogen functional groups attached to an aromatic ring is 1. The lowest BCUT2D eigenvalue weighted by molar-refractivity contribution is -0.115. The zero-order valence-corrected chi connectivity index (χ0v) is 12.2. The van der Waals surface area contributed by atoms with E-state index in [2.05, 4.69) is 5.32 Å². The molecule has 1 aromatic carbocycles. The number of nitrogens with two attached hydrogens (primary N) is 1. The second-order valence-corrected chi connectivity index (χ2v) is 5.93. The highest BCUT2D eigenvalue weighted by atomic mass is 32.2. The van der Waals surface area contributed by atoms with Crippen molar-refractivity contribution in [2.45, 2.75) is 12.8 Å². The molecule has 0 heterocycles. The molecule has 0 saturated heterocycles. The number of ether oxygens (including phenoxy) is 1. The number of nitrogens with one attached hydrogen (secondary N) is 1. The van der Waals surface area contributed by atoms with E-state index in [4.69, 9.17) is 10.5 Å². The molecule has 0 radical (unpaired) electrons. The highest BCUT2D eigenvalue weighted by Gasteiger charge is 2.07. The van der Waals surface area contributed by atoms with Crippen LogP contribution < -0.4 is 11.1 Å². The second kappa shape index (κ2) is 8.65. The van der Waals surface area contributed by atoms with E-state index in [1.54, 1.807) is 7.11 Å². The Morgan fingerprint density at radius 2 is 2.20 bits per heavy atom. The van der Waals surface area contributed by atoms with Gasteiger partial charge < -0.3 is 15.8 Å². The van der Waals surface area contributed by atoms with Gasteiger partial charge in [0.1, 0.15) is 5.82 Å². The Kier molecular flexibility index (Phi) is 7.17. The first kappa shape index (κ1) is 16.6. The molecule has 7 heteroatoms. The standard InChI is InChI=1S/C13H19FN2O3S/c1-19-6-2-7-20(18)8-5-13(17)16-10-3-4-11(14)12(15)9-10/h3-4,9H,2,5-8,15H2,1H3,(H,16,17). The average Bonchev–Trinajstić information content (AvgIpc) is 2.41. The van der Waals surface area contributed by atoms with Gasteiger partial charge in [-0.2, -0.15) is 0 Å². The Balaban J connectivity index is 2.32. The molecule has 1 aromatic rings. The van der Waals surface area contributed by atoms with Crippen molar-refractivity contribution in [3.05, 3.63) is 24.0 Å². The van der Waals surface area contributed by atoms with Crippen LogP contribution in [0.25, 0.3) is 0 Å². The SMILES string of the molecule is COCCCS(=O)CCC(=O)Nc1ccc(F)c(N)c1. The maximum absolute atomic E-state index is 12.9. The van der Waals surface area contributed by atoms with Crippen LogP contribution in [0.1, 0.15) is 12.8 Å². The van der Waals surface area contributed by atoms with Gasteiger partial charge in [0.05, 0.1) is 5.69 Å². The Morgan fingerprint density at radius 1 is 1.45 bits per heavy atom. The zero-order valence-electron chi connectivity index (χ0n) is 11.4. The highest BCUT2D eigenvalue weighted by molar-refractivity contribution is 7.84. The maximum atomic E-state index is 12.9. The summed E-state index contributed by atoms with van der Waals surface area (Å²) < 4.78 is 29.4. The van der Waals surface area contributed by atoms with Crippen molar-refractivity contribution in [1.29, 1.82) is 0 Å². The molecule has 20 heavy (non-hydrogen) atoms. The Labute approximate surface area is 120 Å². The molecular formula is C13H19FN2O3S. The van der Waals surface area contributed by atoms with Crippen molar-refractivity contribution in [1.82, 2.24) is 0 Å². The van der Waals surface area contributed by atoms with Gasteiger partial charge in [0.15, 0.2) is 0 Å². The fourth-order valence-electron chi connectivity index (χ4n) is 1.52. The van der Waals surface area contributed by atoms with E-state index in [0.29, 0.717) is 30.2 Å². The molecule has 0 fully saturated rings. The quantitative estimate of drug-likeness (QED) is 0.563. The summed E-state index contributed by atoms with van der Waals surface area (Å²) in [5.74, 6) is 0.0231. The van der Waals surface area contributed by atoms with Gasteiger partial charge >= 0.3 is 0 Å². The topological polar surface area (TPSA) is 81.4 Å². The summed E-state index contributed by atoms with van der Waals surface area (Å²) in [5, 5.41) is 2.59. The first-order chi connectivity index (χ1) is 9.52. The van der Waals surface area contributed by atoms with Gasteiger partial charge in [0.2, 0.25) is 5.91 Å². The Hall–Kier alpha value is -1.47. The van der Waals surface area contributed by atoms with E-state index in [1.807, 2.05) is 0 Å². The molecule has 1 atom stereocenters. The molecule has 5 nitrogen and oxygen atoms in total. The van der Waals surface area contributed by atoms with E-state index in [0.717, 1.165) is 0 Å². The first-order valence-electron chi connectivity index (χ1n) is 6.21. The number of halogens is 1. The smallest absolute Gasteiger partial charge is 0.225 e. The fourth-order valence-corrected chi connectivity index (χ4v) is 2.57. The predicted octanol–water partition coefficient (Wildman–Crippen LogP) is 1.52. The van der Waals surface area contributed by atoms with Gasteiger partial charge in [-0.25, -0.2) is 4.39 Å². The molecule has 112 valence electrons. The van der Waals surface area contributed by atoms with E-state index < -0.39 is 16.6 Å². The molecule has 1 rings (SSSR count). The molecule has 0 aliphatic carbocycles. The van der Waals surface area contributed by atoms with Crippen molar-refractivity contribution in [2.24, 2.45) is 0 Å². The van der Waals surface area contributed by atoms with Gasteiger partial charge in [0, 0.05) is 48.1 Å². The lowest BCUT2D eigenvalue weighted by atomic mass is 10.2. The number of amides is 1. The van der Waals surface area contributed by atoms with Crippen LogP contribution in [-0.4, -0.2) is 35.3 Å². The molecule has 0 aliphatic heterocycles. The average molecular weight is 302 g/mol. The van der Waals surface area contributed by atoms with Crippen molar-refractivity contribution in [3.8, 4) is 0 Å². The summed E-state index contributed by atoms with van der Waals surface area (Å²) >= 11 is 0. The summed E-state index contributed by atoms with van der Waals surface area (Å²) in [5.41, 5.74) is 5.81. The van der Waals surface area contributed by atoms with Crippen molar-refractivity contribution in [3.63, 3.8) is 0 Å². The summed E-state index contributed by atoms with van der Waals surface area (Å²) in [7, 11) is 0.554. The van der Waals surface area contributed by atoms with Crippen LogP contribution in [0.15, 0.2) is 18.2 Å². The van der Waals surface area contributed by atoms with E-state index >= 15 is 0 Å². The highest BCUT2D eigenvalue weighted by Crippen LogP contribution is 2.16. The summed E-state index contributed by atoms with van der Waals surface area (Å²) in [4.78, 5) is 11.6. The molecular weight excluding hydrogens is 283 g/mol. The van der Waals surface area contributed by atoms with Gasteiger partial charge in [0.25, 0.3) is 0 Å². The van der Waals surface area contributed by atoms with Gasteiger partial charge in [-0.3, -0.25) is 9.00 Å². The number of methoxy groups -OCH3 is 1. The largest absolute Gasteiger partial charge is 0.396 e. The van der Waals surface area contributed by atoms with Crippen molar-refractivity contribution in [2.75, 3.05) is 36.3 Å².